The summed E-state index contributed by atoms with van der Waals surface area (Å²) >= 11 is 3.50. The number of carbonyl (C=O) groups excluding carboxylic acids is 1. The van der Waals surface area contributed by atoms with Crippen LogP contribution in [0, 0.1) is 0 Å². The summed E-state index contributed by atoms with van der Waals surface area (Å²) in [6, 6.07) is 8.17. The Bertz CT molecular complexity index is 783. The minimum atomic E-state index is 0.283. The van der Waals surface area contributed by atoms with E-state index in [1.807, 2.05) is 23.1 Å². The van der Waals surface area contributed by atoms with Crippen LogP contribution in [0.1, 0.15) is 38.2 Å². The molecule has 2 aromatic rings. The van der Waals surface area contributed by atoms with Gasteiger partial charge >= 0.3 is 0 Å². The number of likely N-dealkylation sites (tertiary alicyclic amines) is 1. The lowest BCUT2D eigenvalue weighted by atomic mass is 10.1. The third kappa shape index (κ3) is 5.42. The quantitative estimate of drug-likeness (QED) is 0.607. The van der Waals surface area contributed by atoms with E-state index in [9.17, 15) is 4.79 Å². The molecule has 3 rings (SSSR count). The standard InChI is InChI=1S/C20H26BrN5O/c1-2-15-8-3-4-9-17(15)24-20-23-14-16(21)19(25-20)22-11-7-13-26-12-6-5-10-18(26)27/h3-4,8-9,14H,2,5-7,10-13H2,1H3,(H2,22,23,24,25). The highest BCUT2D eigenvalue weighted by molar-refractivity contribution is 9.10. The highest BCUT2D eigenvalue weighted by Crippen LogP contribution is 2.24. The van der Waals surface area contributed by atoms with Crippen molar-refractivity contribution in [3.63, 3.8) is 0 Å². The van der Waals surface area contributed by atoms with Gasteiger partial charge in [-0.3, -0.25) is 4.79 Å². The minimum Gasteiger partial charge on any atom is -0.369 e. The molecule has 1 fully saturated rings. The molecule has 144 valence electrons. The maximum Gasteiger partial charge on any atom is 0.229 e. The first-order valence-corrected chi connectivity index (χ1v) is 10.4. The lowest BCUT2D eigenvalue weighted by Gasteiger charge is -2.26. The molecule has 0 spiro atoms. The molecule has 1 aromatic carbocycles. The van der Waals surface area contributed by atoms with E-state index < -0.39 is 0 Å². The van der Waals surface area contributed by atoms with Crippen molar-refractivity contribution < 1.29 is 4.79 Å². The van der Waals surface area contributed by atoms with Gasteiger partial charge in [0.15, 0.2) is 0 Å². The van der Waals surface area contributed by atoms with Gasteiger partial charge in [-0.15, -0.1) is 0 Å². The van der Waals surface area contributed by atoms with E-state index in [0.717, 1.165) is 61.3 Å². The molecule has 0 unspecified atom stereocenters. The van der Waals surface area contributed by atoms with Crippen LogP contribution in [0.4, 0.5) is 17.5 Å². The van der Waals surface area contributed by atoms with Crippen LogP contribution in [0.2, 0.25) is 0 Å². The van der Waals surface area contributed by atoms with E-state index in [-0.39, 0.29) is 5.91 Å². The van der Waals surface area contributed by atoms with E-state index in [0.29, 0.717) is 12.4 Å². The molecule has 1 aromatic heterocycles. The Balaban J connectivity index is 1.56. The maximum atomic E-state index is 11.9. The van der Waals surface area contributed by atoms with Crippen LogP contribution < -0.4 is 10.6 Å². The second-order valence-electron chi connectivity index (χ2n) is 6.64. The van der Waals surface area contributed by atoms with E-state index in [4.69, 9.17) is 0 Å². The molecule has 0 aliphatic carbocycles. The van der Waals surface area contributed by atoms with Crippen molar-refractivity contribution in [1.82, 2.24) is 14.9 Å². The fraction of sp³-hybridized carbons (Fsp3) is 0.450. The van der Waals surface area contributed by atoms with Crippen molar-refractivity contribution in [2.75, 3.05) is 30.3 Å². The van der Waals surface area contributed by atoms with Crippen molar-refractivity contribution in [2.45, 2.75) is 39.0 Å². The van der Waals surface area contributed by atoms with Crippen molar-refractivity contribution in [1.29, 1.82) is 0 Å². The third-order valence-electron chi connectivity index (χ3n) is 4.71. The molecule has 0 saturated carbocycles. The van der Waals surface area contributed by atoms with Gasteiger partial charge in [0.25, 0.3) is 0 Å². The molecule has 6 nitrogen and oxygen atoms in total. The summed E-state index contributed by atoms with van der Waals surface area (Å²) < 4.78 is 0.825. The van der Waals surface area contributed by atoms with Gasteiger partial charge in [-0.25, -0.2) is 4.98 Å². The number of amides is 1. The highest BCUT2D eigenvalue weighted by Gasteiger charge is 2.17. The second-order valence-corrected chi connectivity index (χ2v) is 7.50. The lowest BCUT2D eigenvalue weighted by Crippen LogP contribution is -2.36. The predicted molar refractivity (Wildman–Crippen MR) is 112 cm³/mol. The molecule has 7 heteroatoms. The molecule has 27 heavy (non-hydrogen) atoms. The molecule has 1 aliphatic heterocycles. The predicted octanol–water partition coefficient (Wildman–Crippen LogP) is 4.36. The molecule has 1 saturated heterocycles. The van der Waals surface area contributed by atoms with Gasteiger partial charge in [-0.1, -0.05) is 25.1 Å². The van der Waals surface area contributed by atoms with Crippen LogP contribution in [-0.4, -0.2) is 40.4 Å². The zero-order chi connectivity index (χ0) is 19.1. The Hall–Kier alpha value is -2.15. The van der Waals surface area contributed by atoms with Crippen LogP contribution in [0.15, 0.2) is 34.9 Å². The van der Waals surface area contributed by atoms with Crippen LogP contribution in [0.3, 0.4) is 0 Å². The average Bonchev–Trinajstić information content (AvgIpc) is 2.69. The first kappa shape index (κ1) is 19.6. The van der Waals surface area contributed by atoms with Gasteiger partial charge in [0.05, 0.1) is 4.47 Å². The first-order chi connectivity index (χ1) is 13.2. The molecule has 0 bridgehead atoms. The van der Waals surface area contributed by atoms with Gasteiger partial charge in [0.2, 0.25) is 11.9 Å². The number of aromatic nitrogens is 2. The minimum absolute atomic E-state index is 0.283. The topological polar surface area (TPSA) is 70.2 Å². The number of halogens is 1. The van der Waals surface area contributed by atoms with Gasteiger partial charge in [-0.05, 0) is 53.2 Å². The monoisotopic (exact) mass is 431 g/mol. The van der Waals surface area contributed by atoms with E-state index in [1.54, 1.807) is 6.20 Å². The lowest BCUT2D eigenvalue weighted by molar-refractivity contribution is -0.133. The number of carbonyl (C=O) groups is 1. The van der Waals surface area contributed by atoms with Gasteiger partial charge in [0, 0.05) is 37.9 Å². The van der Waals surface area contributed by atoms with Crippen molar-refractivity contribution in [2.24, 2.45) is 0 Å². The maximum absolute atomic E-state index is 11.9. The molecule has 2 heterocycles. The number of aryl methyl sites for hydroxylation is 1. The van der Waals surface area contributed by atoms with Gasteiger partial charge in [0.1, 0.15) is 5.82 Å². The largest absolute Gasteiger partial charge is 0.369 e. The molecule has 1 amide bonds. The summed E-state index contributed by atoms with van der Waals surface area (Å²) in [5.41, 5.74) is 2.25. The second kappa shape index (κ2) is 9.69. The van der Waals surface area contributed by atoms with Crippen molar-refractivity contribution in [3.05, 3.63) is 40.5 Å². The smallest absolute Gasteiger partial charge is 0.229 e. The molecular formula is C20H26BrN5O. The van der Waals surface area contributed by atoms with Crippen molar-refractivity contribution in [3.8, 4) is 0 Å². The zero-order valence-corrected chi connectivity index (χ0v) is 17.3. The zero-order valence-electron chi connectivity index (χ0n) is 15.7. The number of hydrogen-bond acceptors (Lipinski definition) is 5. The van der Waals surface area contributed by atoms with Crippen LogP contribution in [0.25, 0.3) is 0 Å². The highest BCUT2D eigenvalue weighted by atomic mass is 79.9. The summed E-state index contributed by atoms with van der Waals surface area (Å²) in [6.07, 6.45) is 6.42. The van der Waals surface area contributed by atoms with Crippen LogP contribution in [-0.2, 0) is 11.2 Å². The fourth-order valence-corrected chi connectivity index (χ4v) is 3.53. The number of benzene rings is 1. The van der Waals surface area contributed by atoms with E-state index in [2.05, 4.69) is 49.5 Å². The molecule has 0 atom stereocenters. The number of rotatable bonds is 8. The number of nitrogens with one attached hydrogen (secondary N) is 2. The molecule has 1 aliphatic rings. The molecule has 2 N–H and O–H groups in total. The number of hydrogen-bond donors (Lipinski definition) is 2. The average molecular weight is 432 g/mol. The Morgan fingerprint density at radius 3 is 2.93 bits per heavy atom. The summed E-state index contributed by atoms with van der Waals surface area (Å²) in [7, 11) is 0. The normalized spacial score (nSPS) is 14.3. The molecular weight excluding hydrogens is 406 g/mol. The van der Waals surface area contributed by atoms with E-state index >= 15 is 0 Å². The van der Waals surface area contributed by atoms with Crippen LogP contribution >= 0.6 is 15.9 Å². The molecule has 0 radical (unpaired) electrons. The Labute approximate surface area is 168 Å². The summed E-state index contributed by atoms with van der Waals surface area (Å²) in [6.45, 7) is 4.57. The Morgan fingerprint density at radius 2 is 2.11 bits per heavy atom. The SMILES string of the molecule is CCc1ccccc1Nc1ncc(Br)c(NCCCN2CCCCC2=O)n1. The van der Waals surface area contributed by atoms with Gasteiger partial charge in [-0.2, -0.15) is 4.98 Å². The number of anilines is 3. The number of para-hydroxylation sites is 1. The van der Waals surface area contributed by atoms with Crippen LogP contribution in [0.5, 0.6) is 0 Å². The number of nitrogens with zero attached hydrogens (tertiary/aromatic N) is 3. The third-order valence-corrected chi connectivity index (χ3v) is 5.29. The fourth-order valence-electron chi connectivity index (χ4n) is 3.20. The number of piperidine rings is 1. The Morgan fingerprint density at radius 1 is 1.26 bits per heavy atom. The van der Waals surface area contributed by atoms with Crippen molar-refractivity contribution >= 4 is 39.3 Å². The van der Waals surface area contributed by atoms with Gasteiger partial charge < -0.3 is 15.5 Å². The summed E-state index contributed by atoms with van der Waals surface area (Å²) in [5, 5.41) is 6.65. The Kier molecular flexibility index (Phi) is 7.04. The first-order valence-electron chi connectivity index (χ1n) is 9.56. The summed E-state index contributed by atoms with van der Waals surface area (Å²) in [5.74, 6) is 1.60. The van der Waals surface area contributed by atoms with E-state index in [1.165, 1.54) is 5.56 Å². The summed E-state index contributed by atoms with van der Waals surface area (Å²) in [4.78, 5) is 22.8.